The van der Waals surface area contributed by atoms with Crippen LogP contribution in [0.15, 0.2) is 12.7 Å². The van der Waals surface area contributed by atoms with Crippen molar-refractivity contribution in [2.75, 3.05) is 0 Å². The van der Waals surface area contributed by atoms with E-state index in [1.165, 1.54) is 38.5 Å². The smallest absolute Gasteiger partial charge is 0.0353 e. The van der Waals surface area contributed by atoms with Crippen molar-refractivity contribution in [2.24, 2.45) is 11.8 Å². The van der Waals surface area contributed by atoms with Gasteiger partial charge in [-0.2, -0.15) is 0 Å². The Morgan fingerprint density at radius 3 is 2.38 bits per heavy atom. The predicted octanol–water partition coefficient (Wildman–Crippen LogP) is 4.81. The highest BCUT2D eigenvalue weighted by Gasteiger charge is 2.08. The fourth-order valence-corrected chi connectivity index (χ4v) is 2.01. The average molecular weight is 182 g/mol. The molecule has 1 unspecified atom stereocenters. The van der Waals surface area contributed by atoms with Crippen molar-refractivity contribution >= 4 is 0 Å². The van der Waals surface area contributed by atoms with Crippen LogP contribution in [0.3, 0.4) is 0 Å². The van der Waals surface area contributed by atoms with Gasteiger partial charge in [-0.3, -0.25) is 0 Å². The third kappa shape index (κ3) is 8.08. The molecule has 0 aromatic carbocycles. The molecule has 0 aliphatic carbocycles. The molecule has 0 amide bonds. The minimum atomic E-state index is 0.861. The maximum absolute atomic E-state index is 3.76. The number of unbranched alkanes of at least 4 members (excludes halogenated alkanes) is 1. The number of hydrogen-bond acceptors (Lipinski definition) is 0. The van der Waals surface area contributed by atoms with Crippen molar-refractivity contribution in [3.63, 3.8) is 0 Å². The molecule has 0 aromatic rings. The van der Waals surface area contributed by atoms with E-state index in [4.69, 9.17) is 0 Å². The second kappa shape index (κ2) is 8.34. The average Bonchev–Trinajstić information content (AvgIpc) is 2.04. The van der Waals surface area contributed by atoms with Crippen LogP contribution >= 0.6 is 0 Å². The fourth-order valence-electron chi connectivity index (χ4n) is 2.01. The predicted molar refractivity (Wildman–Crippen MR) is 61.9 cm³/mol. The van der Waals surface area contributed by atoms with Gasteiger partial charge in [0.1, 0.15) is 0 Å². The zero-order valence-electron chi connectivity index (χ0n) is 9.68. The first-order chi connectivity index (χ1) is 6.20. The van der Waals surface area contributed by atoms with Gasteiger partial charge in [-0.15, -0.1) is 6.58 Å². The van der Waals surface area contributed by atoms with Crippen LogP contribution in [-0.2, 0) is 0 Å². The molecule has 13 heavy (non-hydrogen) atoms. The third-order valence-electron chi connectivity index (χ3n) is 2.52. The molecule has 0 aliphatic rings. The quantitative estimate of drug-likeness (QED) is 0.373. The molecule has 0 fully saturated rings. The molecule has 0 N–H and O–H groups in total. The number of rotatable bonds is 8. The van der Waals surface area contributed by atoms with Crippen molar-refractivity contribution in [2.45, 2.75) is 59.3 Å². The summed E-state index contributed by atoms with van der Waals surface area (Å²) < 4.78 is 0. The second-order valence-corrected chi connectivity index (χ2v) is 4.50. The van der Waals surface area contributed by atoms with E-state index >= 15 is 0 Å². The van der Waals surface area contributed by atoms with Crippen LogP contribution in [0.1, 0.15) is 59.3 Å². The Balaban J connectivity index is 3.59. The third-order valence-corrected chi connectivity index (χ3v) is 2.52. The van der Waals surface area contributed by atoms with E-state index in [2.05, 4.69) is 27.4 Å². The van der Waals surface area contributed by atoms with Gasteiger partial charge in [-0.05, 0) is 31.1 Å². The van der Waals surface area contributed by atoms with Gasteiger partial charge in [0.25, 0.3) is 0 Å². The topological polar surface area (TPSA) is 0 Å². The van der Waals surface area contributed by atoms with E-state index in [0.717, 1.165) is 11.8 Å². The summed E-state index contributed by atoms with van der Waals surface area (Å²) in [7, 11) is 0. The van der Waals surface area contributed by atoms with Crippen LogP contribution in [0.25, 0.3) is 0 Å². The Morgan fingerprint density at radius 2 is 1.92 bits per heavy atom. The largest absolute Gasteiger partial charge is 0.103 e. The minimum Gasteiger partial charge on any atom is -0.103 e. The van der Waals surface area contributed by atoms with Gasteiger partial charge < -0.3 is 0 Å². The van der Waals surface area contributed by atoms with Gasteiger partial charge in [-0.1, -0.05) is 46.1 Å². The standard InChI is InChI=1S/C13H26/c1-5-7-8-10-13(9-6-2)11-12(3)4/h5,12-13H,1,6-11H2,2-4H3. The van der Waals surface area contributed by atoms with E-state index in [-0.39, 0.29) is 0 Å². The van der Waals surface area contributed by atoms with E-state index in [0.29, 0.717) is 0 Å². The highest BCUT2D eigenvalue weighted by atomic mass is 14.1. The summed E-state index contributed by atoms with van der Waals surface area (Å²) in [5.74, 6) is 1.82. The Bertz CT molecular complexity index is 113. The molecule has 0 radical (unpaired) electrons. The van der Waals surface area contributed by atoms with Gasteiger partial charge in [-0.25, -0.2) is 0 Å². The summed E-state index contributed by atoms with van der Waals surface area (Å²) in [6.45, 7) is 10.7. The zero-order valence-corrected chi connectivity index (χ0v) is 9.68. The molecule has 1 atom stereocenters. The van der Waals surface area contributed by atoms with Crippen LogP contribution in [0.4, 0.5) is 0 Å². The Labute approximate surface area is 84.4 Å². The van der Waals surface area contributed by atoms with Crippen molar-refractivity contribution < 1.29 is 0 Å². The summed E-state index contributed by atoms with van der Waals surface area (Å²) in [5.41, 5.74) is 0. The molecule has 0 heterocycles. The van der Waals surface area contributed by atoms with Gasteiger partial charge >= 0.3 is 0 Å². The van der Waals surface area contributed by atoms with Crippen molar-refractivity contribution in [1.82, 2.24) is 0 Å². The minimum absolute atomic E-state index is 0.861. The number of allylic oxidation sites excluding steroid dienone is 1. The molecule has 0 bridgehead atoms. The van der Waals surface area contributed by atoms with Crippen LogP contribution in [0, 0.1) is 11.8 Å². The summed E-state index contributed by atoms with van der Waals surface area (Å²) in [6, 6.07) is 0. The molecule has 0 aliphatic heterocycles. The molecular formula is C13H26. The summed E-state index contributed by atoms with van der Waals surface area (Å²) >= 11 is 0. The van der Waals surface area contributed by atoms with E-state index < -0.39 is 0 Å². The molecule has 0 rings (SSSR count). The monoisotopic (exact) mass is 182 g/mol. The maximum atomic E-state index is 3.76. The van der Waals surface area contributed by atoms with Gasteiger partial charge in [0, 0.05) is 0 Å². The first-order valence-corrected chi connectivity index (χ1v) is 5.81. The van der Waals surface area contributed by atoms with E-state index in [1.54, 1.807) is 0 Å². The van der Waals surface area contributed by atoms with Gasteiger partial charge in [0.05, 0.1) is 0 Å². The summed E-state index contributed by atoms with van der Waals surface area (Å²) in [6.07, 6.45) is 10.1. The van der Waals surface area contributed by atoms with Crippen molar-refractivity contribution in [3.8, 4) is 0 Å². The highest BCUT2D eigenvalue weighted by Crippen LogP contribution is 2.22. The fraction of sp³-hybridized carbons (Fsp3) is 0.846. The summed E-state index contributed by atoms with van der Waals surface area (Å²) in [4.78, 5) is 0. The van der Waals surface area contributed by atoms with E-state index in [1.807, 2.05) is 6.08 Å². The van der Waals surface area contributed by atoms with Crippen LogP contribution in [0.2, 0.25) is 0 Å². The molecule has 0 spiro atoms. The van der Waals surface area contributed by atoms with Crippen LogP contribution in [-0.4, -0.2) is 0 Å². The molecule has 78 valence electrons. The Kier molecular flexibility index (Phi) is 8.18. The van der Waals surface area contributed by atoms with Crippen LogP contribution in [0.5, 0.6) is 0 Å². The lowest BCUT2D eigenvalue weighted by atomic mass is 9.89. The molecule has 0 heteroatoms. The zero-order chi connectivity index (χ0) is 10.1. The van der Waals surface area contributed by atoms with Gasteiger partial charge in [0.2, 0.25) is 0 Å². The van der Waals surface area contributed by atoms with Gasteiger partial charge in [0.15, 0.2) is 0 Å². The lowest BCUT2D eigenvalue weighted by Gasteiger charge is -2.17. The molecule has 0 aromatic heterocycles. The van der Waals surface area contributed by atoms with Crippen LogP contribution < -0.4 is 0 Å². The normalized spacial score (nSPS) is 13.2. The Hall–Kier alpha value is -0.260. The summed E-state index contributed by atoms with van der Waals surface area (Å²) in [5, 5.41) is 0. The molecule has 0 nitrogen and oxygen atoms in total. The molecule has 0 saturated carbocycles. The Morgan fingerprint density at radius 1 is 1.23 bits per heavy atom. The number of hydrogen-bond donors (Lipinski definition) is 0. The maximum Gasteiger partial charge on any atom is -0.0353 e. The lowest BCUT2D eigenvalue weighted by Crippen LogP contribution is -2.04. The van der Waals surface area contributed by atoms with E-state index in [9.17, 15) is 0 Å². The molecular weight excluding hydrogens is 156 g/mol. The first-order valence-electron chi connectivity index (χ1n) is 5.81. The lowest BCUT2D eigenvalue weighted by molar-refractivity contribution is 0.354. The SMILES string of the molecule is C=CCCCC(CCC)CC(C)C. The highest BCUT2D eigenvalue weighted by molar-refractivity contribution is 4.68. The molecule has 0 saturated heterocycles. The first kappa shape index (κ1) is 12.7. The van der Waals surface area contributed by atoms with Crippen molar-refractivity contribution in [3.05, 3.63) is 12.7 Å². The second-order valence-electron chi connectivity index (χ2n) is 4.50. The van der Waals surface area contributed by atoms with Crippen molar-refractivity contribution in [1.29, 1.82) is 0 Å².